The second kappa shape index (κ2) is 5.07. The van der Waals surface area contributed by atoms with Crippen LogP contribution < -0.4 is 4.68 Å². The van der Waals surface area contributed by atoms with Crippen LogP contribution in [0.3, 0.4) is 0 Å². The molecule has 0 unspecified atom stereocenters. The number of fused-ring (bicyclic) bond motifs is 2. The Balaban J connectivity index is 1.55. The first kappa shape index (κ1) is 14.7. The summed E-state index contributed by atoms with van der Waals surface area (Å²) in [7, 11) is 0. The Labute approximate surface area is 136 Å². The molecule has 0 radical (unpaired) electrons. The molecule has 0 spiro atoms. The Morgan fingerprint density at radius 2 is 2.35 bits per heavy atom. The molecule has 23 heavy (non-hydrogen) atoms. The number of carbonyl (C=O) groups excluding carboxylic acids is 1. The minimum Gasteiger partial charge on any atom is -0.477 e. The lowest BCUT2D eigenvalue weighted by Crippen LogP contribution is -2.61. The van der Waals surface area contributed by atoms with Gasteiger partial charge in [0.1, 0.15) is 12.2 Å². The van der Waals surface area contributed by atoms with E-state index >= 15 is 0 Å². The van der Waals surface area contributed by atoms with E-state index < -0.39 is 18.0 Å². The molecule has 2 N–H and O–H groups in total. The van der Waals surface area contributed by atoms with Gasteiger partial charge in [0.15, 0.2) is 0 Å². The van der Waals surface area contributed by atoms with Gasteiger partial charge in [-0.15, -0.1) is 11.8 Å². The van der Waals surface area contributed by atoms with Crippen LogP contribution in [0, 0.1) is 5.92 Å². The smallest absolute Gasteiger partial charge is 0.353 e. The van der Waals surface area contributed by atoms with Gasteiger partial charge in [0.25, 0.3) is 0 Å². The van der Waals surface area contributed by atoms with E-state index in [2.05, 4.69) is 4.98 Å². The predicted molar refractivity (Wildman–Crippen MR) is 78.9 cm³/mol. The normalized spacial score (nSPS) is 30.3. The number of carboxylic acid groups (broad SMARTS) is 1. The Bertz CT molecular complexity index is 708. The molecule has 3 atom stereocenters. The summed E-state index contributed by atoms with van der Waals surface area (Å²) >= 11 is 1.53. The molecule has 1 fully saturated rings. The first-order chi connectivity index (χ1) is 11.0. The van der Waals surface area contributed by atoms with Crippen molar-refractivity contribution in [2.24, 2.45) is 5.92 Å². The molecule has 3 aliphatic heterocycles. The molecular formula is C14H17N4O4S+. The second-order valence-electron chi connectivity index (χ2n) is 6.19. The highest BCUT2D eigenvalue weighted by Crippen LogP contribution is 2.48. The fourth-order valence-corrected chi connectivity index (χ4v) is 5.13. The van der Waals surface area contributed by atoms with Crippen LogP contribution in [0.5, 0.6) is 0 Å². The highest BCUT2D eigenvalue weighted by Gasteiger charge is 2.57. The maximum absolute atomic E-state index is 12.2. The Hall–Kier alpha value is -1.87. The number of thioether (sulfide) groups is 1. The summed E-state index contributed by atoms with van der Waals surface area (Å²) < 4.78 is 3.98. The number of β-lactam (4-membered cyclic amide) rings is 1. The third kappa shape index (κ3) is 2.10. The molecule has 1 saturated heterocycles. The summed E-state index contributed by atoms with van der Waals surface area (Å²) in [6.07, 6.45) is 3.27. The van der Waals surface area contributed by atoms with E-state index in [0.717, 1.165) is 18.0 Å². The summed E-state index contributed by atoms with van der Waals surface area (Å²) in [6, 6.07) is -0.217. The van der Waals surface area contributed by atoms with Crippen molar-refractivity contribution >= 4 is 23.6 Å². The third-order valence-electron chi connectivity index (χ3n) is 4.71. The number of hydrogen-bond acceptors (Lipinski definition) is 5. The molecule has 0 aliphatic carbocycles. The number of rotatable bonds is 4. The summed E-state index contributed by atoms with van der Waals surface area (Å²) in [5.74, 6) is -1.84. The number of aliphatic carboxylic acids is 1. The maximum Gasteiger partial charge on any atom is 0.353 e. The van der Waals surface area contributed by atoms with E-state index in [-0.39, 0.29) is 22.9 Å². The van der Waals surface area contributed by atoms with Crippen LogP contribution in [0.1, 0.15) is 13.3 Å². The van der Waals surface area contributed by atoms with Gasteiger partial charge in [0.2, 0.25) is 12.2 Å². The van der Waals surface area contributed by atoms with Gasteiger partial charge in [-0.2, -0.15) is 9.36 Å². The van der Waals surface area contributed by atoms with Gasteiger partial charge < -0.3 is 15.1 Å². The number of amides is 1. The molecule has 122 valence electrons. The third-order valence-corrected chi connectivity index (χ3v) is 5.99. The first-order valence-electron chi connectivity index (χ1n) is 7.51. The van der Waals surface area contributed by atoms with Gasteiger partial charge >= 0.3 is 12.3 Å². The standard InChI is InChI=1S/C14H16N4O4S/c1-7(19)11-9-2-10(12(14(21)22)18(9)13(11)20)23-8-3-16-5-15-6-17(16)4-8/h5-9,11,19H,2-4H2,1H3/p+1/t7-,9-,11-/m1/s1. The Morgan fingerprint density at radius 3 is 3.00 bits per heavy atom. The second-order valence-corrected chi connectivity index (χ2v) is 7.58. The van der Waals surface area contributed by atoms with Gasteiger partial charge in [-0.3, -0.25) is 4.79 Å². The van der Waals surface area contributed by atoms with Crippen LogP contribution in [0.2, 0.25) is 0 Å². The molecule has 0 bridgehead atoms. The minimum absolute atomic E-state index is 0.0987. The van der Waals surface area contributed by atoms with Gasteiger partial charge in [0.05, 0.1) is 29.9 Å². The van der Waals surface area contributed by atoms with Crippen molar-refractivity contribution in [3.63, 3.8) is 0 Å². The fraction of sp³-hybridized carbons (Fsp3) is 0.571. The van der Waals surface area contributed by atoms with Crippen molar-refractivity contribution in [2.45, 2.75) is 43.8 Å². The molecule has 0 aromatic carbocycles. The SMILES string of the molecule is C[C@@H](O)[C@H]1C(=O)N2C(C(=O)O)=C(SC3Cn4cnc[n+]4C3)C[C@H]12. The summed E-state index contributed by atoms with van der Waals surface area (Å²) in [4.78, 5) is 29.9. The monoisotopic (exact) mass is 337 g/mol. The lowest BCUT2D eigenvalue weighted by molar-refractivity contribution is -0.758. The molecule has 8 nitrogen and oxygen atoms in total. The number of carbonyl (C=O) groups is 2. The summed E-state index contributed by atoms with van der Waals surface area (Å²) in [5.41, 5.74) is 0.0987. The van der Waals surface area contributed by atoms with Gasteiger partial charge in [-0.25, -0.2) is 4.79 Å². The van der Waals surface area contributed by atoms with Crippen molar-refractivity contribution in [3.05, 3.63) is 23.3 Å². The zero-order valence-corrected chi connectivity index (χ0v) is 13.3. The van der Waals surface area contributed by atoms with E-state index in [0.29, 0.717) is 6.42 Å². The minimum atomic E-state index is -1.07. The molecule has 4 heterocycles. The number of nitrogens with zero attached hydrogens (tertiary/aromatic N) is 4. The molecular weight excluding hydrogens is 320 g/mol. The maximum atomic E-state index is 12.2. The molecule has 0 saturated carbocycles. The van der Waals surface area contributed by atoms with E-state index in [4.69, 9.17) is 0 Å². The summed E-state index contributed by atoms with van der Waals surface area (Å²) in [6.45, 7) is 3.11. The Kier molecular flexibility index (Phi) is 3.24. The van der Waals surface area contributed by atoms with Crippen LogP contribution in [0.15, 0.2) is 23.3 Å². The van der Waals surface area contributed by atoms with Crippen LogP contribution in [0.25, 0.3) is 0 Å². The zero-order valence-electron chi connectivity index (χ0n) is 12.5. The average molecular weight is 337 g/mol. The van der Waals surface area contributed by atoms with Crippen LogP contribution >= 0.6 is 11.8 Å². The molecule has 1 aromatic heterocycles. The average Bonchev–Trinajstić information content (AvgIpc) is 3.10. The fourth-order valence-electron chi connectivity index (χ4n) is 3.71. The van der Waals surface area contributed by atoms with E-state index in [1.54, 1.807) is 19.6 Å². The number of carboxylic acids is 1. The number of aliphatic hydroxyl groups excluding tert-OH is 1. The first-order valence-corrected chi connectivity index (χ1v) is 8.39. The van der Waals surface area contributed by atoms with E-state index in [9.17, 15) is 19.8 Å². The van der Waals surface area contributed by atoms with Crippen molar-refractivity contribution in [1.82, 2.24) is 14.6 Å². The van der Waals surface area contributed by atoms with E-state index in [1.165, 1.54) is 16.7 Å². The van der Waals surface area contributed by atoms with Crippen LogP contribution in [-0.4, -0.2) is 54.1 Å². The van der Waals surface area contributed by atoms with Gasteiger partial charge in [-0.1, -0.05) is 0 Å². The van der Waals surface area contributed by atoms with Crippen molar-refractivity contribution in [2.75, 3.05) is 0 Å². The van der Waals surface area contributed by atoms with Crippen molar-refractivity contribution < 1.29 is 24.5 Å². The molecule has 1 aromatic rings. The van der Waals surface area contributed by atoms with Gasteiger partial charge in [0, 0.05) is 11.3 Å². The van der Waals surface area contributed by atoms with Crippen molar-refractivity contribution in [1.29, 1.82) is 0 Å². The number of aliphatic hydroxyl groups is 1. The lowest BCUT2D eigenvalue weighted by Gasteiger charge is -2.44. The molecule has 4 rings (SSSR count). The topological polar surface area (TPSA) is 99.5 Å². The molecule has 1 amide bonds. The molecule has 3 aliphatic rings. The number of hydrogen-bond donors (Lipinski definition) is 2. The zero-order chi connectivity index (χ0) is 16.3. The van der Waals surface area contributed by atoms with Crippen LogP contribution in [-0.2, 0) is 22.7 Å². The Morgan fingerprint density at radius 1 is 1.57 bits per heavy atom. The largest absolute Gasteiger partial charge is 0.477 e. The van der Waals surface area contributed by atoms with Gasteiger partial charge in [-0.05, 0) is 11.9 Å². The summed E-state index contributed by atoms with van der Waals surface area (Å²) in [5, 5.41) is 19.5. The van der Waals surface area contributed by atoms with E-state index in [1.807, 2.05) is 9.36 Å². The lowest BCUT2D eigenvalue weighted by atomic mass is 9.83. The number of aromatic nitrogens is 3. The molecule has 9 heteroatoms. The quantitative estimate of drug-likeness (QED) is 0.551. The van der Waals surface area contributed by atoms with Crippen LogP contribution in [0.4, 0.5) is 0 Å². The van der Waals surface area contributed by atoms with Crippen molar-refractivity contribution in [3.8, 4) is 0 Å². The highest BCUT2D eigenvalue weighted by atomic mass is 32.2. The predicted octanol–water partition coefficient (Wildman–Crippen LogP) is -0.806. The highest BCUT2D eigenvalue weighted by molar-refractivity contribution is 8.03.